The van der Waals surface area contributed by atoms with E-state index in [0.29, 0.717) is 17.7 Å². The van der Waals surface area contributed by atoms with Crippen LogP contribution in [-0.2, 0) is 67.1 Å². The maximum atomic E-state index is 13.4. The zero-order valence-corrected chi connectivity index (χ0v) is 29.6. The first-order valence-electron chi connectivity index (χ1n) is 14.0. The minimum absolute atomic E-state index is 0. The molecule has 2 aromatic heterocycles. The number of fused-ring (bicyclic) bond motifs is 8. The van der Waals surface area contributed by atoms with Gasteiger partial charge in [-0.2, -0.15) is 36.5 Å². The summed E-state index contributed by atoms with van der Waals surface area (Å²) in [5.74, 6) is -0.341. The summed E-state index contributed by atoms with van der Waals surface area (Å²) in [4.78, 5) is 38.4. The van der Waals surface area contributed by atoms with Crippen molar-refractivity contribution in [3.63, 3.8) is 0 Å². The number of carbonyl (C=O) groups is 3. The molecule has 1 saturated heterocycles. The van der Waals surface area contributed by atoms with Crippen molar-refractivity contribution < 1.29 is 68.8 Å². The van der Waals surface area contributed by atoms with Crippen LogP contribution in [0.25, 0.3) is 0 Å². The molecule has 2 aromatic rings. The number of ketones is 1. The molecular weight excluding hydrogens is 828 g/mol. The van der Waals surface area contributed by atoms with Gasteiger partial charge in [0.05, 0.1) is 18.9 Å². The van der Waals surface area contributed by atoms with E-state index in [0.717, 1.165) is 22.6 Å². The third-order valence-electron chi connectivity index (χ3n) is 8.11. The molecule has 19 heteroatoms. The number of ether oxygens (including phenoxy) is 2. The fourth-order valence-corrected chi connectivity index (χ4v) is 10.2. The molecule has 2 saturated carbocycles. The van der Waals surface area contributed by atoms with Gasteiger partial charge in [-0.25, -0.2) is 4.68 Å². The molecular formula is C28H32F6IN4O5S2V-. The van der Waals surface area contributed by atoms with Gasteiger partial charge >= 0.3 is 24.3 Å². The molecule has 4 aliphatic carbocycles. The molecule has 0 unspecified atom stereocenters. The van der Waals surface area contributed by atoms with E-state index in [4.69, 9.17) is 4.74 Å². The first-order chi connectivity index (χ1) is 21.2. The number of esters is 2. The number of hydrogen-bond donors (Lipinski definition) is 0. The maximum absolute atomic E-state index is 13.4. The molecule has 261 valence electrons. The van der Waals surface area contributed by atoms with Crippen LogP contribution in [0.15, 0.2) is 0 Å². The summed E-state index contributed by atoms with van der Waals surface area (Å²) in [6, 6.07) is 0. The third-order valence-corrected chi connectivity index (χ3v) is 11.7. The van der Waals surface area contributed by atoms with Crippen LogP contribution in [0.2, 0.25) is 0 Å². The number of hydrogen-bond acceptors (Lipinski definition) is 9. The molecule has 1 spiro atoms. The van der Waals surface area contributed by atoms with Gasteiger partial charge in [0.25, 0.3) is 0 Å². The average Bonchev–Trinajstić information content (AvgIpc) is 3.68. The quantitative estimate of drug-likeness (QED) is 0.134. The summed E-state index contributed by atoms with van der Waals surface area (Å²) in [6.07, 6.45) is -7.88. The van der Waals surface area contributed by atoms with Gasteiger partial charge in [-0.05, 0) is 44.4 Å². The molecule has 0 amide bonds. The third kappa shape index (κ3) is 7.27. The molecule has 4 atom stereocenters. The Labute approximate surface area is 301 Å². The van der Waals surface area contributed by atoms with E-state index in [2.05, 4.69) is 19.9 Å². The number of nitrogens with zero attached hydrogens (tertiary/aromatic N) is 4. The second-order valence-corrected chi connectivity index (χ2v) is 13.7. The number of rotatable bonds is 6. The van der Waals surface area contributed by atoms with Gasteiger partial charge in [0.2, 0.25) is 0 Å². The summed E-state index contributed by atoms with van der Waals surface area (Å²) >= 11 is 5.31. The zero-order valence-electron chi connectivity index (χ0n) is 24.4. The summed E-state index contributed by atoms with van der Waals surface area (Å²) in [5, 5.41) is 7.21. The number of thioether (sulfide) groups is 2. The molecule has 1 radical (unpaired) electrons. The van der Waals surface area contributed by atoms with E-state index in [1.807, 2.05) is 22.6 Å². The van der Waals surface area contributed by atoms with Crippen LogP contribution in [-0.4, -0.2) is 62.0 Å². The van der Waals surface area contributed by atoms with Crippen LogP contribution >= 0.6 is 46.1 Å². The van der Waals surface area contributed by atoms with Gasteiger partial charge in [0.1, 0.15) is 22.9 Å². The molecule has 0 bridgehead atoms. The minimum atomic E-state index is -4.62. The van der Waals surface area contributed by atoms with Crippen molar-refractivity contribution in [3.8, 4) is 0 Å². The van der Waals surface area contributed by atoms with Crippen LogP contribution in [0.3, 0.4) is 0 Å². The van der Waals surface area contributed by atoms with Crippen LogP contribution in [0, 0.1) is 16.8 Å². The number of carbonyl (C=O) groups excluding carboxylic acids is 3. The molecule has 1 aliphatic heterocycles. The predicted molar refractivity (Wildman–Crippen MR) is 166 cm³/mol. The summed E-state index contributed by atoms with van der Waals surface area (Å²) in [7, 11) is 0. The molecule has 5 aliphatic rings. The Morgan fingerprint density at radius 2 is 1.36 bits per heavy atom. The Hall–Kier alpha value is -1.38. The van der Waals surface area contributed by atoms with Crippen molar-refractivity contribution in [2.75, 3.05) is 24.7 Å². The van der Waals surface area contributed by atoms with E-state index in [9.17, 15) is 40.7 Å². The molecule has 0 N–H and O–H groups in total. The van der Waals surface area contributed by atoms with Gasteiger partial charge in [-0.3, -0.25) is 24.0 Å². The second kappa shape index (κ2) is 14.8. The zero-order chi connectivity index (χ0) is 33.1. The standard InChI is InChI=1S/C14H15F3N2O2S2.C12H11F3N2O3.CH2I.CH4.V/c1-2-21-9(20)6-19-12-10(11(18-19)14(15,16)17)7-5-8(7)13(12)22-3-4-23-13;1-2-20-7(18)4-17-9-8(5-3-6(5)10(9)19)11(16-17)12(13,14)15;1-2;;/h7-8H,2-6H2,1H3;5-6H,2-4H2,1H3;1H2;1H4;/q;;-1;;/t7-,8+;5-,6+;;;/m00.../s1. The smallest absolute Gasteiger partial charge is 0.435 e. The van der Waals surface area contributed by atoms with E-state index in [1.54, 1.807) is 37.4 Å². The van der Waals surface area contributed by atoms with Gasteiger partial charge in [0.15, 0.2) is 17.2 Å². The largest absolute Gasteiger partial charge is 0.465 e. The van der Waals surface area contributed by atoms with Crippen molar-refractivity contribution in [1.29, 1.82) is 0 Å². The first kappa shape index (κ1) is 40.1. The first-order valence-corrected chi connectivity index (χ1v) is 17.5. The number of alkyl halides is 6. The number of halogens is 7. The fraction of sp³-hybridized carbons (Fsp3) is 0.643. The van der Waals surface area contributed by atoms with E-state index < -0.39 is 42.2 Å². The van der Waals surface area contributed by atoms with Gasteiger partial charge in [-0.15, -0.1) is 23.5 Å². The van der Waals surface area contributed by atoms with E-state index in [1.165, 1.54) is 4.68 Å². The van der Waals surface area contributed by atoms with E-state index in [-0.39, 0.29) is 90.5 Å². The van der Waals surface area contributed by atoms with Crippen LogP contribution in [0.5, 0.6) is 0 Å². The fourth-order valence-electron chi connectivity index (χ4n) is 6.46. The Bertz CT molecular complexity index is 1510. The average molecular weight is 861 g/mol. The molecule has 3 fully saturated rings. The van der Waals surface area contributed by atoms with Crippen LogP contribution < -0.4 is 0 Å². The summed E-state index contributed by atoms with van der Waals surface area (Å²) in [5.41, 5.74) is -1.05. The van der Waals surface area contributed by atoms with Gasteiger partial charge in [-0.1, -0.05) is 7.43 Å². The van der Waals surface area contributed by atoms with Crippen LogP contribution in [0.4, 0.5) is 26.3 Å². The SMILES string of the molecule is C.CCOC(=O)Cn1nc(C(F)(F)F)c2c1C(=O)[C@@H]1C[C@H]21.CCOC(=O)Cn1nc(C(F)(F)F)c2c1C1(SCCS1)[C@@H]1C[C@H]21.[CH2-]I.[V]. The second-order valence-electron chi connectivity index (χ2n) is 10.8. The molecule has 0 aromatic carbocycles. The Morgan fingerprint density at radius 1 is 0.872 bits per heavy atom. The van der Waals surface area contributed by atoms with Gasteiger partial charge in [0, 0.05) is 47.1 Å². The maximum Gasteiger partial charge on any atom is 0.435 e. The van der Waals surface area contributed by atoms with Crippen molar-refractivity contribution >= 4 is 63.8 Å². The predicted octanol–water partition coefficient (Wildman–Crippen LogP) is 6.83. The summed E-state index contributed by atoms with van der Waals surface area (Å²) < 4.78 is 90.4. The molecule has 3 heterocycles. The minimum Gasteiger partial charge on any atom is -0.465 e. The van der Waals surface area contributed by atoms with Crippen molar-refractivity contribution in [2.24, 2.45) is 11.8 Å². The van der Waals surface area contributed by atoms with Crippen molar-refractivity contribution in [2.45, 2.75) is 75.5 Å². The molecule has 9 nitrogen and oxygen atoms in total. The Kier molecular flexibility index (Phi) is 12.7. The van der Waals surface area contributed by atoms with E-state index >= 15 is 0 Å². The monoisotopic (exact) mass is 860 g/mol. The Balaban J connectivity index is 0.000000235. The normalized spacial score (nSPS) is 23.4. The summed E-state index contributed by atoms with van der Waals surface area (Å²) in [6.45, 7) is 2.85. The Morgan fingerprint density at radius 3 is 1.87 bits per heavy atom. The molecule has 47 heavy (non-hydrogen) atoms. The van der Waals surface area contributed by atoms with Crippen LogP contribution in [0.1, 0.15) is 84.6 Å². The van der Waals surface area contributed by atoms with Crippen molar-refractivity contribution in [3.05, 3.63) is 38.8 Å². The van der Waals surface area contributed by atoms with Gasteiger partial charge < -0.3 is 32.1 Å². The number of aromatic nitrogens is 4. The topological polar surface area (TPSA) is 105 Å². The molecule has 7 rings (SSSR count). The number of Topliss-reactive ketones (excluding diaryl/α,β-unsaturated/α-hetero) is 1. The van der Waals surface area contributed by atoms with Crippen molar-refractivity contribution in [1.82, 2.24) is 19.6 Å².